The minimum absolute atomic E-state index is 0.233. The molecule has 2 heterocycles. The van der Waals surface area contributed by atoms with Crippen LogP contribution in [0.5, 0.6) is 0 Å². The first-order chi connectivity index (χ1) is 18.6. The first-order valence-electron chi connectivity index (χ1n) is 14.3. The van der Waals surface area contributed by atoms with Crippen molar-refractivity contribution in [2.45, 2.75) is 83.8 Å². The van der Waals surface area contributed by atoms with Gasteiger partial charge in [0.2, 0.25) is 5.91 Å². The van der Waals surface area contributed by atoms with Gasteiger partial charge in [0.25, 0.3) is 0 Å². The highest BCUT2D eigenvalue weighted by Crippen LogP contribution is 2.20. The van der Waals surface area contributed by atoms with Crippen LogP contribution in [0.4, 0.5) is 5.82 Å². The number of nitrogens with one attached hydrogen (secondary N) is 2. The summed E-state index contributed by atoms with van der Waals surface area (Å²) >= 11 is 0. The van der Waals surface area contributed by atoms with E-state index < -0.39 is 17.9 Å². The number of carboxylic acid groups (broad SMARTS) is 1. The molecule has 39 heavy (non-hydrogen) atoms. The molecular formula is C31H46N4O4. The van der Waals surface area contributed by atoms with Gasteiger partial charge >= 0.3 is 5.97 Å². The number of amides is 1. The zero-order valence-electron chi connectivity index (χ0n) is 24.0. The van der Waals surface area contributed by atoms with Crippen LogP contribution >= 0.6 is 0 Å². The molecule has 214 valence electrons. The van der Waals surface area contributed by atoms with Crippen molar-refractivity contribution in [1.82, 2.24) is 15.2 Å². The lowest BCUT2D eigenvalue weighted by atomic mass is 10.00. The molecule has 2 atom stereocenters. The standard InChI is InChI=1S/C31H46N4O4/c1-23(24-11-6-5-7-12-24)29(36)34-27(30(37)38)17-20-35(21-22-39-31(2,3)4)19-9-8-14-26-16-15-25-13-10-18-32-28(25)33-26/h5-7,11-12,15-16,23,27H,8-10,13-14,17-22H2,1-4H3,(H,32,33)(H,34,36)(H,37,38). The molecule has 3 rings (SSSR count). The summed E-state index contributed by atoms with van der Waals surface area (Å²) in [4.78, 5) is 31.8. The summed E-state index contributed by atoms with van der Waals surface area (Å²) in [6.45, 7) is 11.5. The molecule has 0 fully saturated rings. The molecule has 8 heteroatoms. The van der Waals surface area contributed by atoms with E-state index in [0.717, 1.165) is 62.3 Å². The van der Waals surface area contributed by atoms with Gasteiger partial charge in [-0.15, -0.1) is 0 Å². The molecule has 8 nitrogen and oxygen atoms in total. The second kappa shape index (κ2) is 15.0. The number of carbonyl (C=O) groups is 2. The van der Waals surface area contributed by atoms with Crippen LogP contribution in [0.15, 0.2) is 42.5 Å². The number of aryl methyl sites for hydroxylation is 2. The predicted octanol–water partition coefficient (Wildman–Crippen LogP) is 4.64. The highest BCUT2D eigenvalue weighted by Gasteiger charge is 2.24. The smallest absolute Gasteiger partial charge is 0.326 e. The fourth-order valence-electron chi connectivity index (χ4n) is 4.72. The Bertz CT molecular complexity index is 1050. The van der Waals surface area contributed by atoms with Gasteiger partial charge in [0.05, 0.1) is 18.1 Å². The second-order valence-corrected chi connectivity index (χ2v) is 11.4. The Morgan fingerprint density at radius 3 is 2.59 bits per heavy atom. The molecule has 0 saturated carbocycles. The fourth-order valence-corrected chi connectivity index (χ4v) is 4.72. The predicted molar refractivity (Wildman–Crippen MR) is 155 cm³/mol. The normalized spacial score (nSPS) is 14.8. The Morgan fingerprint density at radius 1 is 1.10 bits per heavy atom. The summed E-state index contributed by atoms with van der Waals surface area (Å²) in [7, 11) is 0. The van der Waals surface area contributed by atoms with Crippen molar-refractivity contribution in [3.63, 3.8) is 0 Å². The van der Waals surface area contributed by atoms with Gasteiger partial charge < -0.3 is 25.4 Å². The molecule has 0 aliphatic carbocycles. The monoisotopic (exact) mass is 538 g/mol. The maximum absolute atomic E-state index is 12.8. The van der Waals surface area contributed by atoms with Crippen LogP contribution < -0.4 is 10.6 Å². The molecule has 0 spiro atoms. The van der Waals surface area contributed by atoms with Crippen LogP contribution in [-0.2, 0) is 27.2 Å². The summed E-state index contributed by atoms with van der Waals surface area (Å²) in [5.74, 6) is -0.676. The molecule has 1 aromatic carbocycles. The van der Waals surface area contributed by atoms with E-state index in [1.807, 2.05) is 51.1 Å². The third-order valence-corrected chi connectivity index (χ3v) is 7.09. The minimum Gasteiger partial charge on any atom is -0.480 e. The molecule has 0 saturated heterocycles. The number of unbranched alkanes of at least 4 members (excludes halogenated alkanes) is 1. The largest absolute Gasteiger partial charge is 0.480 e. The summed E-state index contributed by atoms with van der Waals surface area (Å²) < 4.78 is 5.94. The molecule has 1 aliphatic heterocycles. The number of aliphatic carboxylic acids is 1. The Morgan fingerprint density at radius 2 is 1.87 bits per heavy atom. The summed E-state index contributed by atoms with van der Waals surface area (Å²) in [5.41, 5.74) is 3.03. The van der Waals surface area contributed by atoms with Gasteiger partial charge in [0.15, 0.2) is 0 Å². The van der Waals surface area contributed by atoms with Gasteiger partial charge in [-0.1, -0.05) is 36.4 Å². The molecule has 1 aromatic heterocycles. The molecule has 2 unspecified atom stereocenters. The number of benzene rings is 1. The molecule has 0 radical (unpaired) electrons. The van der Waals surface area contributed by atoms with Crippen molar-refractivity contribution >= 4 is 17.7 Å². The Hall–Kier alpha value is -2.97. The number of ether oxygens (including phenoxy) is 1. The quantitative estimate of drug-likeness (QED) is 0.284. The van der Waals surface area contributed by atoms with Crippen molar-refractivity contribution < 1.29 is 19.4 Å². The second-order valence-electron chi connectivity index (χ2n) is 11.4. The fraction of sp³-hybridized carbons (Fsp3) is 0.581. The molecule has 0 bridgehead atoms. The third kappa shape index (κ3) is 10.6. The van der Waals surface area contributed by atoms with Crippen molar-refractivity contribution in [3.8, 4) is 0 Å². The van der Waals surface area contributed by atoms with Gasteiger partial charge in [-0.05, 0) is 90.0 Å². The van der Waals surface area contributed by atoms with Gasteiger partial charge in [0.1, 0.15) is 11.9 Å². The van der Waals surface area contributed by atoms with E-state index in [1.165, 1.54) is 5.56 Å². The van der Waals surface area contributed by atoms with Crippen molar-refractivity contribution in [3.05, 3.63) is 59.3 Å². The van der Waals surface area contributed by atoms with E-state index in [2.05, 4.69) is 27.7 Å². The Labute approximate surface area is 233 Å². The highest BCUT2D eigenvalue weighted by atomic mass is 16.5. The first-order valence-corrected chi connectivity index (χ1v) is 14.3. The van der Waals surface area contributed by atoms with Crippen LogP contribution in [0, 0.1) is 0 Å². The lowest BCUT2D eigenvalue weighted by Gasteiger charge is -2.27. The maximum atomic E-state index is 12.8. The van der Waals surface area contributed by atoms with Gasteiger partial charge in [-0.2, -0.15) is 0 Å². The number of fused-ring (bicyclic) bond motifs is 1. The number of carboxylic acids is 1. The van der Waals surface area contributed by atoms with Crippen molar-refractivity contribution in [2.75, 3.05) is 38.1 Å². The summed E-state index contributed by atoms with van der Waals surface area (Å²) in [6.07, 6.45) is 5.45. The van der Waals surface area contributed by atoms with Crippen LogP contribution in [0.3, 0.4) is 0 Å². The SMILES string of the molecule is CC(C(=O)NC(CCN(CCCCc1ccc2c(n1)NCCC2)CCOC(C)(C)C)C(=O)O)c1ccccc1. The van der Waals surface area contributed by atoms with E-state index >= 15 is 0 Å². The number of pyridine rings is 1. The summed E-state index contributed by atoms with van der Waals surface area (Å²) in [6, 6.07) is 12.8. The zero-order valence-corrected chi connectivity index (χ0v) is 24.0. The zero-order chi connectivity index (χ0) is 28.3. The molecule has 1 amide bonds. The van der Waals surface area contributed by atoms with Gasteiger partial charge in [-0.3, -0.25) is 4.79 Å². The van der Waals surface area contributed by atoms with Crippen LogP contribution in [0.1, 0.15) is 76.1 Å². The maximum Gasteiger partial charge on any atom is 0.326 e. The molecule has 1 aliphatic rings. The van der Waals surface area contributed by atoms with E-state index in [9.17, 15) is 14.7 Å². The van der Waals surface area contributed by atoms with E-state index in [4.69, 9.17) is 9.72 Å². The number of carbonyl (C=O) groups excluding carboxylic acids is 1. The average Bonchev–Trinajstić information content (AvgIpc) is 2.91. The number of aromatic nitrogens is 1. The van der Waals surface area contributed by atoms with Gasteiger partial charge in [-0.25, -0.2) is 9.78 Å². The lowest BCUT2D eigenvalue weighted by molar-refractivity contribution is -0.142. The molecular weight excluding hydrogens is 492 g/mol. The van der Waals surface area contributed by atoms with E-state index in [1.54, 1.807) is 6.92 Å². The van der Waals surface area contributed by atoms with E-state index in [0.29, 0.717) is 26.1 Å². The minimum atomic E-state index is -1.01. The summed E-state index contributed by atoms with van der Waals surface area (Å²) in [5, 5.41) is 16.0. The first kappa shape index (κ1) is 30.6. The highest BCUT2D eigenvalue weighted by molar-refractivity contribution is 5.87. The third-order valence-electron chi connectivity index (χ3n) is 7.09. The number of hydrogen-bond acceptors (Lipinski definition) is 6. The van der Waals surface area contributed by atoms with Gasteiger partial charge in [0, 0.05) is 25.3 Å². The number of hydrogen-bond donors (Lipinski definition) is 3. The number of nitrogens with zero attached hydrogens (tertiary/aromatic N) is 2. The van der Waals surface area contributed by atoms with Crippen molar-refractivity contribution in [1.29, 1.82) is 0 Å². The average molecular weight is 539 g/mol. The lowest BCUT2D eigenvalue weighted by Crippen LogP contribution is -2.45. The Kier molecular flexibility index (Phi) is 11.7. The van der Waals surface area contributed by atoms with Crippen molar-refractivity contribution in [2.24, 2.45) is 0 Å². The topological polar surface area (TPSA) is 104 Å². The molecule has 2 aromatic rings. The molecule has 3 N–H and O–H groups in total. The van der Waals surface area contributed by atoms with Crippen LogP contribution in [-0.4, -0.2) is 71.3 Å². The van der Waals surface area contributed by atoms with E-state index in [-0.39, 0.29) is 11.5 Å². The number of anilines is 1. The van der Waals surface area contributed by atoms with Crippen LogP contribution in [0.25, 0.3) is 0 Å². The number of rotatable bonds is 15. The van der Waals surface area contributed by atoms with Crippen LogP contribution in [0.2, 0.25) is 0 Å². The Balaban J connectivity index is 1.52.